The normalized spacial score (nSPS) is 10.8. The van der Waals surface area contributed by atoms with Gasteiger partial charge >= 0.3 is 8.56 Å². The maximum Gasteiger partial charge on any atom is 0.461 e. The van der Waals surface area contributed by atoms with Crippen molar-refractivity contribution in [3.8, 4) is 0 Å². The molecule has 0 atom stereocenters. The van der Waals surface area contributed by atoms with Crippen LogP contribution in [0.5, 0.6) is 0 Å². The minimum atomic E-state index is -2.83. The second kappa shape index (κ2) is 6.69. The average Bonchev–Trinajstić information content (AvgIpc) is 1.98. The molecule has 0 amide bonds. The lowest BCUT2D eigenvalue weighted by molar-refractivity contribution is -0.138. The van der Waals surface area contributed by atoms with E-state index < -0.39 is 20.5 Å². The van der Waals surface area contributed by atoms with Gasteiger partial charge in [-0.1, -0.05) is 0 Å². The van der Waals surface area contributed by atoms with Crippen LogP contribution >= 0.6 is 12.6 Å². The van der Waals surface area contributed by atoms with Crippen molar-refractivity contribution in [1.29, 1.82) is 0 Å². The third-order valence-electron chi connectivity index (χ3n) is 1.74. The van der Waals surface area contributed by atoms with Gasteiger partial charge in [0.1, 0.15) is 0 Å². The Morgan fingerprint density at radius 3 is 1.88 bits per heavy atom. The van der Waals surface area contributed by atoms with Crippen LogP contribution in [0.2, 0.25) is 12.6 Å². The van der Waals surface area contributed by atoms with E-state index in [1.807, 2.05) is 0 Å². The summed E-state index contributed by atoms with van der Waals surface area (Å²) in [5.74, 6) is -0.958. The van der Waals surface area contributed by atoms with Gasteiger partial charge < -0.3 is 8.85 Å². The van der Waals surface area contributed by atoms with Crippen LogP contribution in [-0.4, -0.2) is 25.6 Å². The molecule has 0 fully saturated rings. The summed E-state index contributed by atoms with van der Waals surface area (Å²) in [7, 11) is -2.83. The number of carbonyl (C=O) groups is 3. The van der Waals surface area contributed by atoms with E-state index >= 15 is 0 Å². The standard InChI is InChI=1S/C9H16O5SSi/c1-7(10)13-16(3,14-8(2)11)6-4-5-9(12)15/h4-6H2,1-3H3,(H,12,15). The van der Waals surface area contributed by atoms with Gasteiger partial charge in [0, 0.05) is 32.9 Å². The maximum atomic E-state index is 10.9. The summed E-state index contributed by atoms with van der Waals surface area (Å²) < 4.78 is 10.1. The molecule has 0 aliphatic heterocycles. The molecule has 0 unspecified atom stereocenters. The van der Waals surface area contributed by atoms with Crippen LogP contribution in [0.15, 0.2) is 0 Å². The van der Waals surface area contributed by atoms with Crippen LogP contribution in [0.1, 0.15) is 26.7 Å². The van der Waals surface area contributed by atoms with Gasteiger partial charge in [-0.3, -0.25) is 14.4 Å². The van der Waals surface area contributed by atoms with Gasteiger partial charge in [0.05, 0.1) is 0 Å². The molecule has 0 rings (SSSR count). The van der Waals surface area contributed by atoms with E-state index in [2.05, 4.69) is 12.6 Å². The second-order valence-electron chi connectivity index (χ2n) is 3.57. The Hall–Kier alpha value is -0.823. The Bertz CT molecular complexity index is 276. The summed E-state index contributed by atoms with van der Waals surface area (Å²) >= 11 is 3.63. The minimum Gasteiger partial charge on any atom is -0.485 e. The quantitative estimate of drug-likeness (QED) is 0.580. The van der Waals surface area contributed by atoms with Crippen LogP contribution < -0.4 is 0 Å². The number of carbonyl (C=O) groups excluding carboxylic acids is 3. The first-order chi connectivity index (χ1) is 7.25. The van der Waals surface area contributed by atoms with E-state index in [0.29, 0.717) is 12.5 Å². The van der Waals surface area contributed by atoms with Crippen molar-refractivity contribution in [2.24, 2.45) is 0 Å². The zero-order chi connectivity index (χ0) is 12.8. The lowest BCUT2D eigenvalue weighted by Gasteiger charge is -2.24. The first-order valence-corrected chi connectivity index (χ1v) is 7.83. The zero-order valence-corrected chi connectivity index (χ0v) is 11.5. The van der Waals surface area contributed by atoms with E-state index in [9.17, 15) is 14.4 Å². The van der Waals surface area contributed by atoms with Gasteiger partial charge in [-0.25, -0.2) is 0 Å². The van der Waals surface area contributed by atoms with Gasteiger partial charge in [-0.15, -0.1) is 12.6 Å². The molecule has 0 N–H and O–H groups in total. The molecule has 0 radical (unpaired) electrons. The van der Waals surface area contributed by atoms with Crippen molar-refractivity contribution in [2.75, 3.05) is 0 Å². The van der Waals surface area contributed by atoms with Crippen molar-refractivity contribution in [3.05, 3.63) is 0 Å². The molecule has 5 nitrogen and oxygen atoms in total. The molecular weight excluding hydrogens is 248 g/mol. The summed E-state index contributed by atoms with van der Waals surface area (Å²) in [5.41, 5.74) is 0. The second-order valence-corrected chi connectivity index (χ2v) is 7.24. The van der Waals surface area contributed by atoms with E-state index in [1.165, 1.54) is 13.8 Å². The van der Waals surface area contributed by atoms with E-state index in [1.54, 1.807) is 6.55 Å². The molecule has 0 saturated heterocycles. The number of hydrogen-bond donors (Lipinski definition) is 1. The topological polar surface area (TPSA) is 69.7 Å². The maximum absolute atomic E-state index is 10.9. The Morgan fingerprint density at radius 1 is 1.12 bits per heavy atom. The molecule has 0 aliphatic rings. The Balaban J connectivity index is 4.34. The molecule has 0 heterocycles. The highest BCUT2D eigenvalue weighted by molar-refractivity contribution is 7.96. The molecule has 0 aromatic carbocycles. The number of hydrogen-bond acceptors (Lipinski definition) is 5. The molecule has 0 spiro atoms. The highest BCUT2D eigenvalue weighted by Gasteiger charge is 2.37. The number of rotatable bonds is 6. The third kappa shape index (κ3) is 7.47. The predicted octanol–water partition coefficient (Wildman–Crippen LogP) is 1.42. The summed E-state index contributed by atoms with van der Waals surface area (Å²) in [6.45, 7) is 4.15. The predicted molar refractivity (Wildman–Crippen MR) is 63.2 cm³/mol. The Morgan fingerprint density at radius 2 is 1.56 bits per heavy atom. The molecule has 0 aliphatic carbocycles. The smallest absolute Gasteiger partial charge is 0.461 e. The fraction of sp³-hybridized carbons (Fsp3) is 0.667. The molecule has 16 heavy (non-hydrogen) atoms. The van der Waals surface area contributed by atoms with Crippen molar-refractivity contribution >= 4 is 38.2 Å². The van der Waals surface area contributed by atoms with Gasteiger partial charge in [-0.05, 0) is 6.42 Å². The Labute approximate surface area is 101 Å². The lowest BCUT2D eigenvalue weighted by Crippen LogP contribution is -2.41. The van der Waals surface area contributed by atoms with Crippen LogP contribution in [0.3, 0.4) is 0 Å². The van der Waals surface area contributed by atoms with Crippen LogP contribution in [0.4, 0.5) is 0 Å². The van der Waals surface area contributed by atoms with E-state index in [-0.39, 0.29) is 11.5 Å². The summed E-state index contributed by atoms with van der Waals surface area (Å²) in [6, 6.07) is 0.401. The fourth-order valence-electron chi connectivity index (χ4n) is 1.29. The highest BCUT2D eigenvalue weighted by Crippen LogP contribution is 2.18. The van der Waals surface area contributed by atoms with Crippen LogP contribution in [0, 0.1) is 0 Å². The molecule has 7 heteroatoms. The zero-order valence-electron chi connectivity index (χ0n) is 9.61. The van der Waals surface area contributed by atoms with Gasteiger partial charge in [0.15, 0.2) is 5.12 Å². The van der Waals surface area contributed by atoms with Gasteiger partial charge in [0.2, 0.25) is 0 Å². The third-order valence-corrected chi connectivity index (χ3v) is 4.66. The summed E-state index contributed by atoms with van der Waals surface area (Å²) in [4.78, 5) is 32.4. The molecule has 0 bridgehead atoms. The summed E-state index contributed by atoms with van der Waals surface area (Å²) in [5, 5.41) is -0.234. The molecule has 0 aromatic heterocycles. The van der Waals surface area contributed by atoms with Crippen LogP contribution in [-0.2, 0) is 23.2 Å². The van der Waals surface area contributed by atoms with E-state index in [4.69, 9.17) is 8.85 Å². The van der Waals surface area contributed by atoms with Gasteiger partial charge in [0.25, 0.3) is 11.9 Å². The lowest BCUT2D eigenvalue weighted by atomic mass is 10.4. The molecule has 92 valence electrons. The van der Waals surface area contributed by atoms with Crippen molar-refractivity contribution in [3.63, 3.8) is 0 Å². The Kier molecular flexibility index (Phi) is 6.35. The first-order valence-electron chi connectivity index (χ1n) is 4.86. The van der Waals surface area contributed by atoms with Crippen molar-refractivity contribution in [2.45, 2.75) is 39.3 Å². The van der Waals surface area contributed by atoms with E-state index in [0.717, 1.165) is 0 Å². The first kappa shape index (κ1) is 15.2. The SMILES string of the molecule is CC(=O)O[Si](C)(CCCC(=O)S)OC(C)=O. The van der Waals surface area contributed by atoms with Crippen molar-refractivity contribution < 1.29 is 23.2 Å². The summed E-state index contributed by atoms with van der Waals surface area (Å²) in [6.07, 6.45) is 0.764. The number of thiol groups is 1. The van der Waals surface area contributed by atoms with Gasteiger partial charge in [-0.2, -0.15) is 0 Å². The molecule has 0 aromatic rings. The fourth-order valence-corrected chi connectivity index (χ4v) is 3.73. The molecule has 0 saturated carbocycles. The van der Waals surface area contributed by atoms with Crippen LogP contribution in [0.25, 0.3) is 0 Å². The highest BCUT2D eigenvalue weighted by atomic mass is 32.1. The monoisotopic (exact) mass is 264 g/mol. The molecular formula is C9H16O5SSi. The average molecular weight is 264 g/mol. The van der Waals surface area contributed by atoms with Crippen molar-refractivity contribution in [1.82, 2.24) is 0 Å². The largest absolute Gasteiger partial charge is 0.485 e. The minimum absolute atomic E-state index is 0.234.